The quantitative estimate of drug-likeness (QED) is 0.210. The minimum Gasteiger partial charge on any atom is -0.489 e. The molecular formula is C35H34F5NO6S. The summed E-state index contributed by atoms with van der Waals surface area (Å²) >= 11 is 0. The number of nitrogens with zero attached hydrogens (tertiary/aromatic N) is 1. The smallest absolute Gasteiger partial charge is 0.416 e. The fourth-order valence-corrected chi connectivity index (χ4v) is 10.2. The third-order valence-corrected chi connectivity index (χ3v) is 13.0. The summed E-state index contributed by atoms with van der Waals surface area (Å²) in [6.07, 6.45) is -2.86. The first kappa shape index (κ1) is 33.9. The van der Waals surface area contributed by atoms with E-state index in [0.29, 0.717) is 43.2 Å². The van der Waals surface area contributed by atoms with Gasteiger partial charge in [-0.05, 0) is 105 Å². The zero-order valence-corrected chi connectivity index (χ0v) is 26.8. The highest BCUT2D eigenvalue weighted by atomic mass is 32.2. The van der Waals surface area contributed by atoms with Crippen LogP contribution >= 0.6 is 0 Å². The van der Waals surface area contributed by atoms with E-state index < -0.39 is 73.5 Å². The maximum Gasteiger partial charge on any atom is 0.416 e. The maximum absolute atomic E-state index is 14.7. The highest BCUT2D eigenvalue weighted by Crippen LogP contribution is 2.54. The minimum absolute atomic E-state index is 0.0360. The van der Waals surface area contributed by atoms with Gasteiger partial charge < -0.3 is 14.7 Å². The molecule has 13 heteroatoms. The van der Waals surface area contributed by atoms with Gasteiger partial charge in [0.15, 0.2) is 9.84 Å². The van der Waals surface area contributed by atoms with Crippen LogP contribution in [0, 0.1) is 23.0 Å². The zero-order chi connectivity index (χ0) is 34.6. The number of amides is 1. The van der Waals surface area contributed by atoms with Gasteiger partial charge in [-0.25, -0.2) is 17.2 Å². The third-order valence-electron chi connectivity index (χ3n) is 10.5. The molecule has 1 N–H and O–H groups in total. The van der Waals surface area contributed by atoms with Gasteiger partial charge in [-0.3, -0.25) is 9.59 Å². The molecule has 2 atom stereocenters. The highest BCUT2D eigenvalue weighted by molar-refractivity contribution is 7.92. The molecule has 0 spiro atoms. The van der Waals surface area contributed by atoms with Crippen LogP contribution in [0.4, 0.5) is 22.0 Å². The van der Waals surface area contributed by atoms with E-state index in [0.717, 1.165) is 30.3 Å². The van der Waals surface area contributed by atoms with Gasteiger partial charge in [0.05, 0.1) is 22.4 Å². The zero-order valence-electron chi connectivity index (χ0n) is 26.0. The lowest BCUT2D eigenvalue weighted by Gasteiger charge is -2.45. The van der Waals surface area contributed by atoms with Crippen LogP contribution in [0.5, 0.6) is 5.75 Å². The largest absolute Gasteiger partial charge is 0.489 e. The number of sulfone groups is 1. The second kappa shape index (κ2) is 12.2. The Kier molecular flexibility index (Phi) is 8.58. The Morgan fingerprint density at radius 2 is 1.67 bits per heavy atom. The summed E-state index contributed by atoms with van der Waals surface area (Å²) in [5.41, 5.74) is -1.72. The number of aliphatic carboxylic acids is 1. The van der Waals surface area contributed by atoms with Gasteiger partial charge >= 0.3 is 12.1 Å². The predicted octanol–water partition coefficient (Wildman–Crippen LogP) is 7.06. The number of carbonyl (C=O) groups excluding carboxylic acids is 1. The number of rotatable bonds is 7. The minimum atomic E-state index is -4.80. The number of carboxylic acid groups (broad SMARTS) is 1. The van der Waals surface area contributed by atoms with Gasteiger partial charge in [0.25, 0.3) is 0 Å². The van der Waals surface area contributed by atoms with Crippen LogP contribution < -0.4 is 4.74 Å². The first-order valence-corrected chi connectivity index (χ1v) is 17.2. The molecule has 0 unspecified atom stereocenters. The van der Waals surface area contributed by atoms with Crippen molar-refractivity contribution in [2.45, 2.75) is 80.3 Å². The molecule has 2 aliphatic carbocycles. The number of halogens is 5. The van der Waals surface area contributed by atoms with Gasteiger partial charge in [-0.15, -0.1) is 0 Å². The van der Waals surface area contributed by atoms with E-state index in [1.54, 1.807) is 17.9 Å². The van der Waals surface area contributed by atoms with E-state index in [2.05, 4.69) is 0 Å². The average molecular weight is 692 g/mol. The summed E-state index contributed by atoms with van der Waals surface area (Å²) in [7, 11) is -4.28. The summed E-state index contributed by atoms with van der Waals surface area (Å²) in [5.74, 6) is -3.26. The van der Waals surface area contributed by atoms with Gasteiger partial charge in [0, 0.05) is 17.5 Å². The van der Waals surface area contributed by atoms with Gasteiger partial charge in [0.1, 0.15) is 28.7 Å². The lowest BCUT2D eigenvalue weighted by Crippen LogP contribution is -2.55. The van der Waals surface area contributed by atoms with Crippen molar-refractivity contribution in [3.05, 3.63) is 94.6 Å². The van der Waals surface area contributed by atoms with E-state index in [1.807, 2.05) is 0 Å². The molecule has 1 aliphatic heterocycles. The number of likely N-dealkylation sites (tertiary alicyclic amines) is 1. The summed E-state index contributed by atoms with van der Waals surface area (Å²) in [5, 5.41) is 9.47. The molecule has 7 nitrogen and oxygen atoms in total. The van der Waals surface area contributed by atoms with Crippen LogP contribution in [-0.2, 0) is 43.4 Å². The van der Waals surface area contributed by atoms with Crippen molar-refractivity contribution in [2.24, 2.45) is 11.3 Å². The van der Waals surface area contributed by atoms with E-state index in [4.69, 9.17) is 4.74 Å². The molecule has 6 rings (SSSR count). The number of carboxylic acids is 1. The highest BCUT2D eigenvalue weighted by Gasteiger charge is 2.62. The molecule has 48 heavy (non-hydrogen) atoms. The van der Waals surface area contributed by atoms with Crippen LogP contribution in [-0.4, -0.2) is 42.9 Å². The number of hydrogen-bond donors (Lipinski definition) is 1. The molecule has 0 aromatic heterocycles. The molecule has 0 radical (unpaired) electrons. The Balaban J connectivity index is 1.36. The number of alkyl halides is 3. The monoisotopic (exact) mass is 691 g/mol. The van der Waals surface area contributed by atoms with E-state index in [-0.39, 0.29) is 35.9 Å². The van der Waals surface area contributed by atoms with Crippen molar-refractivity contribution in [3.63, 3.8) is 0 Å². The van der Waals surface area contributed by atoms with Gasteiger partial charge in [-0.1, -0.05) is 19.1 Å². The lowest BCUT2D eigenvalue weighted by molar-refractivity contribution is -0.150. The number of benzene rings is 3. The summed E-state index contributed by atoms with van der Waals surface area (Å²) in [6.45, 7) is 1.20. The topological polar surface area (TPSA) is 101 Å². The van der Waals surface area contributed by atoms with Gasteiger partial charge in [-0.2, -0.15) is 13.2 Å². The molecule has 0 bridgehead atoms. The van der Waals surface area contributed by atoms with E-state index >= 15 is 0 Å². The van der Waals surface area contributed by atoms with E-state index in [9.17, 15) is 45.1 Å². The molecule has 3 aliphatic rings. The summed E-state index contributed by atoms with van der Waals surface area (Å²) in [4.78, 5) is 27.3. The normalized spacial score (nSPS) is 25.7. The van der Waals surface area contributed by atoms with E-state index in [1.165, 1.54) is 24.3 Å². The number of hydrogen-bond acceptors (Lipinski definition) is 5. The molecule has 1 amide bonds. The van der Waals surface area contributed by atoms with Crippen molar-refractivity contribution < 1.29 is 49.8 Å². The molecular weight excluding hydrogens is 657 g/mol. The standard InChI is InChI=1S/C35H34F5NO6S/c1-33(15-13-21(14-16-33)31(42)43)32(44)41-18-17-34(48(45,46)25-9-6-23(36)7-10-25)27-11-8-24(19-22(27)5-12-30(34)41)47-20-26-28(35(38,39)40)3-2-4-29(26)37/h2-4,6-11,19,21,30H,5,12-18,20H2,1H3,(H,42,43)/t21?,30-,33?,34-/m1/s1. The van der Waals surface area contributed by atoms with Crippen molar-refractivity contribution in [1.82, 2.24) is 4.90 Å². The lowest BCUT2D eigenvalue weighted by atomic mass is 9.70. The first-order valence-electron chi connectivity index (χ1n) is 15.7. The fourth-order valence-electron chi connectivity index (χ4n) is 7.85. The van der Waals surface area contributed by atoms with Gasteiger partial charge in [0.2, 0.25) is 5.91 Å². The number of aryl methyl sites for hydroxylation is 1. The fraction of sp³-hybridized carbons (Fsp3) is 0.429. The first-order chi connectivity index (χ1) is 22.6. The molecule has 1 saturated heterocycles. The van der Waals surface area contributed by atoms with Crippen LogP contribution in [0.3, 0.4) is 0 Å². The second-order valence-electron chi connectivity index (χ2n) is 13.2. The summed E-state index contributed by atoms with van der Waals surface area (Å²) < 4.78 is 102. The van der Waals surface area contributed by atoms with Crippen molar-refractivity contribution >= 4 is 21.7 Å². The van der Waals surface area contributed by atoms with Crippen molar-refractivity contribution in [3.8, 4) is 5.75 Å². The Hall–Kier alpha value is -4.00. The van der Waals surface area contributed by atoms with Crippen LogP contribution in [0.1, 0.15) is 67.7 Å². The number of ether oxygens (including phenoxy) is 1. The summed E-state index contributed by atoms with van der Waals surface area (Å²) in [6, 6.07) is 10.8. The molecule has 1 saturated carbocycles. The van der Waals surface area contributed by atoms with Crippen molar-refractivity contribution in [1.29, 1.82) is 0 Å². The molecule has 2 fully saturated rings. The Morgan fingerprint density at radius 3 is 2.31 bits per heavy atom. The van der Waals surface area contributed by atoms with Crippen molar-refractivity contribution in [2.75, 3.05) is 6.54 Å². The SMILES string of the molecule is CC1(C(=O)N2CC[C@@]3(S(=O)(=O)c4ccc(F)cc4)c4ccc(OCc5c(F)cccc5C(F)(F)F)cc4CC[C@@H]23)CCC(C(=O)O)CC1. The molecule has 3 aromatic carbocycles. The Labute approximate surface area is 274 Å². The maximum atomic E-state index is 14.7. The molecule has 1 heterocycles. The molecule has 3 aromatic rings. The van der Waals surface area contributed by atoms with Crippen LogP contribution in [0.25, 0.3) is 0 Å². The third kappa shape index (κ3) is 5.63. The number of fused-ring (bicyclic) bond motifs is 3. The second-order valence-corrected chi connectivity index (χ2v) is 15.4. The molecule has 256 valence electrons. The van der Waals surface area contributed by atoms with Crippen LogP contribution in [0.15, 0.2) is 65.6 Å². The Morgan fingerprint density at radius 1 is 0.979 bits per heavy atom. The Bertz CT molecular complexity index is 1850. The predicted molar refractivity (Wildman–Crippen MR) is 164 cm³/mol. The average Bonchev–Trinajstić information content (AvgIpc) is 3.45. The number of carbonyl (C=O) groups is 2. The van der Waals surface area contributed by atoms with Crippen LogP contribution in [0.2, 0.25) is 0 Å².